The number of carbonyl (C=O) groups excluding carboxylic acids is 2. The van der Waals surface area contributed by atoms with Crippen molar-refractivity contribution in [2.24, 2.45) is 5.92 Å². The Hall–Kier alpha value is -1.10. The maximum absolute atomic E-state index is 11.6. The van der Waals surface area contributed by atoms with E-state index in [1.54, 1.807) is 0 Å². The van der Waals surface area contributed by atoms with Crippen LogP contribution in [0.25, 0.3) is 0 Å². The van der Waals surface area contributed by atoms with Crippen molar-refractivity contribution >= 4 is 11.9 Å². The number of amides is 1. The maximum atomic E-state index is 11.6. The highest BCUT2D eigenvalue weighted by Gasteiger charge is 2.23. The third-order valence-corrected chi connectivity index (χ3v) is 4.11. The van der Waals surface area contributed by atoms with Crippen molar-refractivity contribution in [1.82, 2.24) is 10.6 Å². The zero-order chi connectivity index (χ0) is 15.0. The van der Waals surface area contributed by atoms with Gasteiger partial charge in [-0.25, -0.2) is 4.79 Å². The van der Waals surface area contributed by atoms with Crippen molar-refractivity contribution in [2.45, 2.75) is 64.5 Å². The van der Waals surface area contributed by atoms with E-state index in [1.807, 2.05) is 0 Å². The largest absolute Gasteiger partial charge is 0.467 e. The number of methoxy groups -OCH3 is 1. The van der Waals surface area contributed by atoms with Crippen LogP contribution in [-0.2, 0) is 14.3 Å². The molecule has 20 heavy (non-hydrogen) atoms. The molecule has 0 aromatic rings. The predicted octanol–water partition coefficient (Wildman–Crippen LogP) is 1.61. The van der Waals surface area contributed by atoms with Crippen LogP contribution in [0.3, 0.4) is 0 Å². The number of hydrogen-bond donors (Lipinski definition) is 2. The fraction of sp³-hybridized carbons (Fsp3) is 0.867. The molecule has 1 unspecified atom stereocenters. The summed E-state index contributed by atoms with van der Waals surface area (Å²) in [6.07, 6.45) is 7.75. The normalized spacial score (nSPS) is 19.8. The van der Waals surface area contributed by atoms with Crippen LogP contribution in [0.4, 0.5) is 0 Å². The molecule has 2 N–H and O–H groups in total. The van der Waals surface area contributed by atoms with Crippen molar-refractivity contribution in [3.63, 3.8) is 0 Å². The minimum atomic E-state index is -0.606. The van der Waals surface area contributed by atoms with Crippen LogP contribution in [0, 0.1) is 5.92 Å². The van der Waals surface area contributed by atoms with Gasteiger partial charge in [-0.1, -0.05) is 25.7 Å². The first kappa shape index (κ1) is 17.0. The molecule has 0 bridgehead atoms. The lowest BCUT2D eigenvalue weighted by Crippen LogP contribution is -2.49. The summed E-state index contributed by atoms with van der Waals surface area (Å²) in [5.74, 6) is 0.0400. The quantitative estimate of drug-likeness (QED) is 0.574. The average molecular weight is 284 g/mol. The second kappa shape index (κ2) is 8.95. The van der Waals surface area contributed by atoms with Crippen LogP contribution >= 0.6 is 0 Å². The molecule has 0 heterocycles. The fourth-order valence-corrected chi connectivity index (χ4v) is 2.86. The van der Waals surface area contributed by atoms with E-state index in [9.17, 15) is 9.59 Å². The molecule has 1 amide bonds. The monoisotopic (exact) mass is 284 g/mol. The number of carbonyl (C=O) groups is 2. The zero-order valence-corrected chi connectivity index (χ0v) is 12.9. The number of esters is 1. The van der Waals surface area contributed by atoms with Crippen LogP contribution in [0.5, 0.6) is 0 Å². The molecule has 5 heteroatoms. The van der Waals surface area contributed by atoms with Gasteiger partial charge < -0.3 is 15.4 Å². The molecule has 1 rings (SSSR count). The molecule has 0 aromatic heterocycles. The van der Waals surface area contributed by atoms with Crippen LogP contribution in [0.1, 0.15) is 52.4 Å². The molecule has 1 saturated carbocycles. The van der Waals surface area contributed by atoms with Gasteiger partial charge in [0.1, 0.15) is 6.04 Å². The third-order valence-electron chi connectivity index (χ3n) is 4.11. The Kier molecular flexibility index (Phi) is 7.59. The van der Waals surface area contributed by atoms with Crippen molar-refractivity contribution in [1.29, 1.82) is 0 Å². The summed E-state index contributed by atoms with van der Waals surface area (Å²) in [4.78, 5) is 22.7. The Morgan fingerprint density at radius 3 is 2.30 bits per heavy atom. The van der Waals surface area contributed by atoms with Gasteiger partial charge in [0.25, 0.3) is 0 Å². The molecule has 0 aliphatic heterocycles. The smallest absolute Gasteiger partial charge is 0.329 e. The highest BCUT2D eigenvalue weighted by atomic mass is 16.5. The highest BCUT2D eigenvalue weighted by molar-refractivity contribution is 5.83. The fourth-order valence-electron chi connectivity index (χ4n) is 2.86. The standard InChI is InChI=1S/C15H28N2O3/c1-11(13-8-6-4-5-7-9-13)16-10-14(15(19)20-3)17-12(2)18/h11,13-14,16H,4-10H2,1-3H3,(H,17,18)/t11-,14?/m1/s1. The molecular weight excluding hydrogens is 256 g/mol. The van der Waals surface area contributed by atoms with Crippen LogP contribution in [0.15, 0.2) is 0 Å². The predicted molar refractivity (Wildman–Crippen MR) is 78.3 cm³/mol. The Morgan fingerprint density at radius 2 is 1.80 bits per heavy atom. The van der Waals surface area contributed by atoms with E-state index in [0.717, 1.165) is 0 Å². The molecule has 1 fully saturated rings. The van der Waals surface area contributed by atoms with Crippen molar-refractivity contribution in [3.8, 4) is 0 Å². The Labute approximate surface area is 121 Å². The Morgan fingerprint density at radius 1 is 1.20 bits per heavy atom. The molecule has 1 aliphatic rings. The van der Waals surface area contributed by atoms with E-state index in [0.29, 0.717) is 18.5 Å². The Balaban J connectivity index is 2.44. The van der Waals surface area contributed by atoms with Gasteiger partial charge in [0.2, 0.25) is 5.91 Å². The lowest BCUT2D eigenvalue weighted by molar-refractivity contribution is -0.144. The van der Waals surface area contributed by atoms with E-state index in [2.05, 4.69) is 17.6 Å². The molecule has 0 saturated heterocycles. The molecule has 0 spiro atoms. The first-order chi connectivity index (χ1) is 9.54. The minimum Gasteiger partial charge on any atom is -0.467 e. The first-order valence-electron chi connectivity index (χ1n) is 7.63. The number of hydrogen-bond acceptors (Lipinski definition) is 4. The van der Waals surface area contributed by atoms with Gasteiger partial charge >= 0.3 is 5.97 Å². The van der Waals surface area contributed by atoms with E-state index < -0.39 is 12.0 Å². The lowest BCUT2D eigenvalue weighted by Gasteiger charge is -2.25. The summed E-state index contributed by atoms with van der Waals surface area (Å²) in [6.45, 7) is 3.99. The van der Waals surface area contributed by atoms with Crippen molar-refractivity contribution in [3.05, 3.63) is 0 Å². The zero-order valence-electron chi connectivity index (χ0n) is 12.9. The van der Waals surface area contributed by atoms with Crippen molar-refractivity contribution < 1.29 is 14.3 Å². The second-order valence-electron chi connectivity index (χ2n) is 5.72. The van der Waals surface area contributed by atoms with E-state index in [4.69, 9.17) is 4.74 Å². The number of rotatable bonds is 6. The average Bonchev–Trinajstić information content (AvgIpc) is 2.70. The van der Waals surface area contributed by atoms with E-state index in [-0.39, 0.29) is 5.91 Å². The Bertz CT molecular complexity index is 312. The van der Waals surface area contributed by atoms with Gasteiger partial charge in [-0.05, 0) is 25.7 Å². The first-order valence-corrected chi connectivity index (χ1v) is 7.63. The summed E-state index contributed by atoms with van der Waals surface area (Å²) < 4.78 is 4.72. The van der Waals surface area contributed by atoms with E-state index in [1.165, 1.54) is 52.6 Å². The molecular formula is C15H28N2O3. The van der Waals surface area contributed by atoms with Crippen LogP contribution < -0.4 is 10.6 Å². The minimum absolute atomic E-state index is 0.218. The van der Waals surface area contributed by atoms with Gasteiger partial charge in [-0.15, -0.1) is 0 Å². The maximum Gasteiger partial charge on any atom is 0.329 e. The molecule has 0 radical (unpaired) electrons. The summed E-state index contributed by atoms with van der Waals surface area (Å²) in [6, 6.07) is -0.250. The SMILES string of the molecule is COC(=O)C(CN[C@H](C)C1CCCCCC1)NC(C)=O. The summed E-state index contributed by atoms with van der Waals surface area (Å²) in [7, 11) is 1.34. The molecule has 1 aliphatic carbocycles. The molecule has 116 valence electrons. The number of ether oxygens (including phenoxy) is 1. The number of nitrogens with one attached hydrogen (secondary N) is 2. The van der Waals surface area contributed by atoms with Gasteiger partial charge in [-0.2, -0.15) is 0 Å². The van der Waals surface area contributed by atoms with Gasteiger partial charge in [-0.3, -0.25) is 4.79 Å². The topological polar surface area (TPSA) is 67.4 Å². The molecule has 0 aromatic carbocycles. The van der Waals surface area contributed by atoms with Gasteiger partial charge in [0.15, 0.2) is 0 Å². The van der Waals surface area contributed by atoms with Gasteiger partial charge in [0.05, 0.1) is 7.11 Å². The van der Waals surface area contributed by atoms with Crippen molar-refractivity contribution in [2.75, 3.05) is 13.7 Å². The van der Waals surface area contributed by atoms with Gasteiger partial charge in [0, 0.05) is 19.5 Å². The second-order valence-corrected chi connectivity index (χ2v) is 5.72. The van der Waals surface area contributed by atoms with Crippen LogP contribution in [-0.4, -0.2) is 37.6 Å². The van der Waals surface area contributed by atoms with E-state index >= 15 is 0 Å². The summed E-state index contributed by atoms with van der Waals surface area (Å²) in [5.41, 5.74) is 0. The molecule has 5 nitrogen and oxygen atoms in total. The third kappa shape index (κ3) is 5.90. The lowest BCUT2D eigenvalue weighted by atomic mass is 9.93. The molecule has 2 atom stereocenters. The van der Waals surface area contributed by atoms with Crippen LogP contribution in [0.2, 0.25) is 0 Å². The summed E-state index contributed by atoms with van der Waals surface area (Å²) >= 11 is 0. The summed E-state index contributed by atoms with van der Waals surface area (Å²) in [5, 5.41) is 6.01. The highest BCUT2D eigenvalue weighted by Crippen LogP contribution is 2.25.